The second kappa shape index (κ2) is 5.46. The topological polar surface area (TPSA) is 49.0 Å². The van der Waals surface area contributed by atoms with Crippen molar-refractivity contribution in [3.8, 4) is 0 Å². The zero-order chi connectivity index (χ0) is 15.1. The van der Waals surface area contributed by atoms with Crippen molar-refractivity contribution in [2.75, 3.05) is 0 Å². The van der Waals surface area contributed by atoms with Gasteiger partial charge in [0, 0.05) is 0 Å². The fourth-order valence-corrected chi connectivity index (χ4v) is 23.5. The summed E-state index contributed by atoms with van der Waals surface area (Å²) in [6.45, 7) is 18.7. The lowest BCUT2D eigenvalue weighted by Crippen LogP contribution is -2.70. The Kier molecular flexibility index (Phi) is 5.09. The molecule has 5 nitrogen and oxygen atoms in total. The molecule has 1 aliphatic rings. The first-order valence-electron chi connectivity index (χ1n) is 6.83. The van der Waals surface area contributed by atoms with Crippen LogP contribution in [0, 0.1) is 0 Å². The van der Waals surface area contributed by atoms with Gasteiger partial charge >= 0.3 is 34.4 Å². The van der Waals surface area contributed by atoms with E-state index in [1.807, 2.05) is 0 Å². The van der Waals surface area contributed by atoms with E-state index < -0.39 is 34.4 Å². The van der Waals surface area contributed by atoms with Crippen molar-refractivity contribution in [3.05, 3.63) is 0 Å². The van der Waals surface area contributed by atoms with Crippen LogP contribution in [-0.2, 0) is 16.5 Å². The summed E-state index contributed by atoms with van der Waals surface area (Å²) >= 11 is 0. The smallest absolute Gasteiger partial charge is 0.404 e. The summed E-state index contributed by atoms with van der Waals surface area (Å²) in [5, 5.41) is 0. The quantitative estimate of drug-likeness (QED) is 0.784. The molecule has 0 spiro atoms. The summed E-state index contributed by atoms with van der Waals surface area (Å²) in [6, 6.07) is 0.316. The van der Waals surface area contributed by atoms with Gasteiger partial charge in [-0.3, -0.25) is 4.98 Å². The normalized spacial score (nSPS) is 28.7. The maximum absolute atomic E-state index is 6.36. The Bertz CT molecular complexity index is 313. The Morgan fingerprint density at radius 2 is 0.947 bits per heavy atom. The van der Waals surface area contributed by atoms with Crippen LogP contribution in [0.25, 0.3) is 0 Å². The lowest BCUT2D eigenvalue weighted by molar-refractivity contribution is 0.225. The van der Waals surface area contributed by atoms with Crippen LogP contribution in [0.4, 0.5) is 0 Å². The highest BCUT2D eigenvalue weighted by atomic mass is 28.5. The first kappa shape index (κ1) is 17.7. The van der Waals surface area contributed by atoms with Gasteiger partial charge in [-0.25, -0.2) is 0 Å². The van der Waals surface area contributed by atoms with E-state index >= 15 is 0 Å². The third-order valence-electron chi connectivity index (χ3n) is 2.42. The molecule has 0 aliphatic carbocycles. The molecule has 0 aromatic rings. The first-order chi connectivity index (χ1) is 8.24. The number of hydrogen-bond acceptors (Lipinski definition) is 5. The predicted molar refractivity (Wildman–Crippen MR) is 86.7 cm³/mol. The third kappa shape index (κ3) is 5.89. The molecular weight excluding hydrogens is 310 g/mol. The summed E-state index contributed by atoms with van der Waals surface area (Å²) in [5.74, 6) is 0. The maximum Gasteiger partial charge on any atom is 0.404 e. The molecule has 9 heteroatoms. The minimum Gasteiger partial charge on any atom is -0.416 e. The van der Waals surface area contributed by atoms with Gasteiger partial charge in [-0.15, -0.1) is 0 Å². The van der Waals surface area contributed by atoms with Crippen molar-refractivity contribution in [2.24, 2.45) is 0 Å². The Balaban J connectivity index is 3.04. The fourth-order valence-electron chi connectivity index (χ4n) is 2.79. The largest absolute Gasteiger partial charge is 0.416 e. The Labute approximate surface area is 122 Å². The molecule has 0 amide bonds. The predicted octanol–water partition coefficient (Wildman–Crippen LogP) is 2.74. The van der Waals surface area contributed by atoms with Gasteiger partial charge in [-0.2, -0.15) is 0 Å². The van der Waals surface area contributed by atoms with Gasteiger partial charge in [0.1, 0.15) is 0 Å². The van der Waals surface area contributed by atoms with E-state index in [4.69, 9.17) is 16.5 Å². The SMILES string of the molecule is CC(C)N[Si]1(C)O[Si](C)(C)O[Si](C)(C)O[Si](C)(C)O1. The molecule has 0 unspecified atom stereocenters. The molecule has 0 atom stereocenters. The Hall–Kier alpha value is 0.668. The Morgan fingerprint density at radius 3 is 1.26 bits per heavy atom. The minimum absolute atomic E-state index is 0.316. The van der Waals surface area contributed by atoms with Crippen molar-refractivity contribution in [1.82, 2.24) is 4.98 Å². The lowest BCUT2D eigenvalue weighted by atomic mass is 10.4. The van der Waals surface area contributed by atoms with Crippen molar-refractivity contribution < 1.29 is 16.5 Å². The number of nitrogens with one attached hydrogen (secondary N) is 1. The molecule has 0 saturated carbocycles. The second-order valence-corrected chi connectivity index (χ2v) is 20.7. The molecule has 1 saturated heterocycles. The molecule has 0 radical (unpaired) electrons. The van der Waals surface area contributed by atoms with Crippen LogP contribution < -0.4 is 4.98 Å². The highest BCUT2D eigenvalue weighted by Gasteiger charge is 2.53. The summed E-state index contributed by atoms with van der Waals surface area (Å²) in [4.78, 5) is 3.48. The van der Waals surface area contributed by atoms with Gasteiger partial charge in [0.05, 0.1) is 0 Å². The lowest BCUT2D eigenvalue weighted by Gasteiger charge is -2.47. The molecule has 114 valence electrons. The molecule has 0 bridgehead atoms. The molecular formula is C10H29NO4Si4. The molecule has 1 aliphatic heterocycles. The van der Waals surface area contributed by atoms with Crippen molar-refractivity contribution >= 4 is 34.4 Å². The van der Waals surface area contributed by atoms with Gasteiger partial charge < -0.3 is 16.5 Å². The second-order valence-electron chi connectivity index (χ2n) is 6.85. The highest BCUT2D eigenvalue weighted by molar-refractivity contribution is 6.92. The molecule has 0 aromatic carbocycles. The van der Waals surface area contributed by atoms with Gasteiger partial charge in [-0.05, 0) is 51.9 Å². The molecule has 0 aromatic heterocycles. The molecule has 1 rings (SSSR count). The summed E-state index contributed by atoms with van der Waals surface area (Å²) in [5.41, 5.74) is 0. The molecule has 1 fully saturated rings. The van der Waals surface area contributed by atoms with E-state index in [1.54, 1.807) is 0 Å². The van der Waals surface area contributed by atoms with Crippen LogP contribution in [-0.4, -0.2) is 40.4 Å². The molecule has 1 N–H and O–H groups in total. The van der Waals surface area contributed by atoms with Gasteiger partial charge in [0.25, 0.3) is 0 Å². The average Bonchev–Trinajstić information content (AvgIpc) is 1.87. The van der Waals surface area contributed by atoms with E-state index in [0.717, 1.165) is 0 Å². The number of hydrogen-bond donors (Lipinski definition) is 1. The van der Waals surface area contributed by atoms with Crippen LogP contribution in [0.5, 0.6) is 0 Å². The van der Waals surface area contributed by atoms with Crippen LogP contribution in [0.15, 0.2) is 0 Å². The number of rotatable bonds is 2. The van der Waals surface area contributed by atoms with E-state index in [1.165, 1.54) is 0 Å². The van der Waals surface area contributed by atoms with E-state index in [0.29, 0.717) is 6.04 Å². The van der Waals surface area contributed by atoms with E-state index in [9.17, 15) is 0 Å². The van der Waals surface area contributed by atoms with Crippen molar-refractivity contribution in [3.63, 3.8) is 0 Å². The average molecular weight is 340 g/mol. The third-order valence-corrected chi connectivity index (χ3v) is 18.4. The zero-order valence-electron chi connectivity index (χ0n) is 13.7. The zero-order valence-corrected chi connectivity index (χ0v) is 17.7. The van der Waals surface area contributed by atoms with E-state index in [2.05, 4.69) is 64.7 Å². The van der Waals surface area contributed by atoms with Gasteiger partial charge in [0.15, 0.2) is 0 Å². The van der Waals surface area contributed by atoms with Gasteiger partial charge in [0.2, 0.25) is 0 Å². The minimum atomic E-state index is -2.47. The molecule has 1 heterocycles. The summed E-state index contributed by atoms with van der Waals surface area (Å²) in [6.07, 6.45) is 0. The standard InChI is InChI=1S/C10H29NO4Si4/c1-10(2)11-19(9)14-17(5,6)12-16(3,4)13-18(7,8)15-19/h10-11H,1-9H3. The van der Waals surface area contributed by atoms with Crippen molar-refractivity contribution in [1.29, 1.82) is 0 Å². The van der Waals surface area contributed by atoms with Gasteiger partial charge in [-0.1, -0.05) is 13.8 Å². The van der Waals surface area contributed by atoms with E-state index in [-0.39, 0.29) is 0 Å². The summed E-state index contributed by atoms with van der Waals surface area (Å²) in [7, 11) is -9.13. The summed E-state index contributed by atoms with van der Waals surface area (Å²) < 4.78 is 25.2. The van der Waals surface area contributed by atoms with Crippen LogP contribution >= 0.6 is 0 Å². The fraction of sp³-hybridized carbons (Fsp3) is 1.00. The van der Waals surface area contributed by atoms with Crippen LogP contribution in [0.3, 0.4) is 0 Å². The molecule has 19 heavy (non-hydrogen) atoms. The first-order valence-corrected chi connectivity index (χ1v) is 17.6. The highest BCUT2D eigenvalue weighted by Crippen LogP contribution is 2.29. The Morgan fingerprint density at radius 1 is 0.632 bits per heavy atom. The monoisotopic (exact) mass is 339 g/mol. The maximum atomic E-state index is 6.36. The van der Waals surface area contributed by atoms with Crippen molar-refractivity contribution in [2.45, 2.75) is 65.7 Å². The van der Waals surface area contributed by atoms with Crippen LogP contribution in [0.1, 0.15) is 13.8 Å². The van der Waals surface area contributed by atoms with Crippen LogP contribution in [0.2, 0.25) is 45.8 Å².